The van der Waals surface area contributed by atoms with Crippen molar-refractivity contribution in [2.45, 2.75) is 19.9 Å². The standard InChI is InChI=1S/C23H26N8O/c1-3-24-23(26-14-12-20-29-22(32-30-20)18-11-7-8-13-25-18)31(2)16-21-27-15-19(28-21)17-9-5-4-6-10-17/h4-11,13,15H,3,12,14,16H2,1-2H3,(H,24,26)(H,27,28). The molecule has 32 heavy (non-hydrogen) atoms. The van der Waals surface area contributed by atoms with E-state index in [2.05, 4.69) is 42.5 Å². The quantitative estimate of drug-likeness (QED) is 0.326. The van der Waals surface area contributed by atoms with Gasteiger partial charge in [0.2, 0.25) is 0 Å². The summed E-state index contributed by atoms with van der Waals surface area (Å²) in [5.74, 6) is 2.68. The van der Waals surface area contributed by atoms with E-state index in [9.17, 15) is 0 Å². The zero-order valence-corrected chi connectivity index (χ0v) is 18.2. The Bertz CT molecular complexity index is 1140. The number of H-pyrrole nitrogens is 1. The molecular formula is C23H26N8O. The van der Waals surface area contributed by atoms with Gasteiger partial charge in [-0.2, -0.15) is 4.98 Å². The molecule has 2 N–H and O–H groups in total. The van der Waals surface area contributed by atoms with Crippen LogP contribution in [0.2, 0.25) is 0 Å². The summed E-state index contributed by atoms with van der Waals surface area (Å²) in [6.45, 7) is 3.94. The highest BCUT2D eigenvalue weighted by Crippen LogP contribution is 2.16. The first-order valence-corrected chi connectivity index (χ1v) is 10.6. The average molecular weight is 431 g/mol. The number of hydrogen-bond acceptors (Lipinski definition) is 6. The lowest BCUT2D eigenvalue weighted by Crippen LogP contribution is -2.38. The van der Waals surface area contributed by atoms with Crippen LogP contribution in [0.5, 0.6) is 0 Å². The number of pyridine rings is 1. The van der Waals surface area contributed by atoms with E-state index >= 15 is 0 Å². The van der Waals surface area contributed by atoms with Gasteiger partial charge in [0.15, 0.2) is 11.8 Å². The first kappa shape index (κ1) is 21.2. The van der Waals surface area contributed by atoms with Crippen molar-refractivity contribution in [3.63, 3.8) is 0 Å². The number of nitrogens with zero attached hydrogens (tertiary/aromatic N) is 6. The van der Waals surface area contributed by atoms with Crippen LogP contribution >= 0.6 is 0 Å². The number of aliphatic imine (C=N–C) groups is 1. The SMILES string of the molecule is CCNC(=NCCc1noc(-c2ccccn2)n1)N(C)Cc1ncc(-c2ccccc2)[nH]1. The molecule has 3 heterocycles. The van der Waals surface area contributed by atoms with E-state index in [1.165, 1.54) is 0 Å². The molecule has 0 atom stereocenters. The topological polar surface area (TPSA) is 108 Å². The maximum Gasteiger partial charge on any atom is 0.276 e. The fourth-order valence-electron chi connectivity index (χ4n) is 3.19. The van der Waals surface area contributed by atoms with E-state index in [0.29, 0.717) is 36.9 Å². The second-order valence-corrected chi connectivity index (χ2v) is 7.18. The van der Waals surface area contributed by atoms with E-state index < -0.39 is 0 Å². The first-order chi connectivity index (χ1) is 15.7. The smallest absolute Gasteiger partial charge is 0.276 e. The van der Waals surface area contributed by atoms with Crippen molar-refractivity contribution in [1.29, 1.82) is 0 Å². The van der Waals surface area contributed by atoms with Crippen LogP contribution in [0.4, 0.5) is 0 Å². The molecule has 0 aliphatic carbocycles. The van der Waals surface area contributed by atoms with Crippen LogP contribution in [-0.4, -0.2) is 56.1 Å². The molecule has 4 aromatic rings. The molecule has 0 aliphatic rings. The molecule has 0 amide bonds. The minimum atomic E-state index is 0.417. The largest absolute Gasteiger partial charge is 0.357 e. The van der Waals surface area contributed by atoms with Crippen molar-refractivity contribution in [2.75, 3.05) is 20.1 Å². The maximum absolute atomic E-state index is 5.31. The molecule has 9 heteroatoms. The molecule has 0 saturated carbocycles. The Morgan fingerprint density at radius 2 is 1.97 bits per heavy atom. The fourth-order valence-corrected chi connectivity index (χ4v) is 3.19. The van der Waals surface area contributed by atoms with Gasteiger partial charge in [0.05, 0.1) is 18.4 Å². The molecule has 0 unspecified atom stereocenters. The number of aromatic amines is 1. The van der Waals surface area contributed by atoms with E-state index in [1.807, 2.05) is 61.5 Å². The van der Waals surface area contributed by atoms with Crippen molar-refractivity contribution in [1.82, 2.24) is 35.3 Å². The first-order valence-electron chi connectivity index (χ1n) is 10.6. The summed E-state index contributed by atoms with van der Waals surface area (Å²) in [5.41, 5.74) is 2.77. The third-order valence-electron chi connectivity index (χ3n) is 4.75. The summed E-state index contributed by atoms with van der Waals surface area (Å²) in [6, 6.07) is 15.7. The highest BCUT2D eigenvalue weighted by atomic mass is 16.5. The van der Waals surface area contributed by atoms with E-state index in [1.54, 1.807) is 6.20 Å². The minimum absolute atomic E-state index is 0.417. The highest BCUT2D eigenvalue weighted by molar-refractivity contribution is 5.79. The predicted molar refractivity (Wildman–Crippen MR) is 123 cm³/mol. The Kier molecular flexibility index (Phi) is 6.86. The van der Waals surface area contributed by atoms with E-state index in [4.69, 9.17) is 9.52 Å². The highest BCUT2D eigenvalue weighted by Gasteiger charge is 2.12. The van der Waals surface area contributed by atoms with Gasteiger partial charge in [-0.3, -0.25) is 9.98 Å². The summed E-state index contributed by atoms with van der Waals surface area (Å²) in [7, 11) is 1.99. The average Bonchev–Trinajstić information content (AvgIpc) is 3.50. The number of aromatic nitrogens is 5. The number of benzene rings is 1. The normalized spacial score (nSPS) is 11.5. The van der Waals surface area contributed by atoms with E-state index in [-0.39, 0.29) is 0 Å². The molecular weight excluding hydrogens is 404 g/mol. The van der Waals surface area contributed by atoms with Gasteiger partial charge >= 0.3 is 0 Å². The molecule has 0 bridgehead atoms. The van der Waals surface area contributed by atoms with Crippen LogP contribution in [0.3, 0.4) is 0 Å². The van der Waals surface area contributed by atoms with Gasteiger partial charge < -0.3 is 19.7 Å². The van der Waals surface area contributed by atoms with Gasteiger partial charge in [-0.05, 0) is 24.6 Å². The van der Waals surface area contributed by atoms with Crippen molar-refractivity contribution in [3.05, 3.63) is 72.6 Å². The van der Waals surface area contributed by atoms with Gasteiger partial charge in [0, 0.05) is 32.8 Å². The van der Waals surface area contributed by atoms with Gasteiger partial charge in [0.1, 0.15) is 11.5 Å². The lowest BCUT2D eigenvalue weighted by Gasteiger charge is -2.20. The molecule has 0 spiro atoms. The third kappa shape index (κ3) is 5.37. The zero-order chi connectivity index (χ0) is 22.2. The van der Waals surface area contributed by atoms with Crippen LogP contribution in [0.1, 0.15) is 18.6 Å². The number of nitrogens with one attached hydrogen (secondary N) is 2. The second-order valence-electron chi connectivity index (χ2n) is 7.18. The van der Waals surface area contributed by atoms with Gasteiger partial charge in [-0.25, -0.2) is 4.98 Å². The van der Waals surface area contributed by atoms with Gasteiger partial charge in [-0.1, -0.05) is 41.6 Å². The van der Waals surface area contributed by atoms with Crippen molar-refractivity contribution >= 4 is 5.96 Å². The molecule has 9 nitrogen and oxygen atoms in total. The lowest BCUT2D eigenvalue weighted by atomic mass is 10.2. The third-order valence-corrected chi connectivity index (χ3v) is 4.75. The van der Waals surface area contributed by atoms with Crippen LogP contribution in [0, 0.1) is 0 Å². The maximum atomic E-state index is 5.31. The Morgan fingerprint density at radius 1 is 1.12 bits per heavy atom. The van der Waals surface area contributed by atoms with Crippen LogP contribution < -0.4 is 5.32 Å². The molecule has 4 rings (SSSR count). The number of guanidine groups is 1. The molecule has 3 aromatic heterocycles. The fraction of sp³-hybridized carbons (Fsp3) is 0.261. The van der Waals surface area contributed by atoms with Gasteiger partial charge in [-0.15, -0.1) is 0 Å². The molecule has 0 radical (unpaired) electrons. The van der Waals surface area contributed by atoms with Crippen LogP contribution in [0.15, 0.2) is 70.4 Å². The Morgan fingerprint density at radius 3 is 2.75 bits per heavy atom. The second kappa shape index (κ2) is 10.3. The molecule has 0 fully saturated rings. The minimum Gasteiger partial charge on any atom is -0.357 e. The summed E-state index contributed by atoms with van der Waals surface area (Å²) in [5, 5.41) is 7.35. The monoisotopic (exact) mass is 430 g/mol. The van der Waals surface area contributed by atoms with Crippen molar-refractivity contribution in [3.8, 4) is 22.8 Å². The molecule has 0 saturated heterocycles. The Labute approximate surface area is 186 Å². The van der Waals surface area contributed by atoms with Crippen LogP contribution in [0.25, 0.3) is 22.8 Å². The molecule has 0 aliphatic heterocycles. The Balaban J connectivity index is 1.36. The Hall–Kier alpha value is -4.01. The van der Waals surface area contributed by atoms with Crippen molar-refractivity contribution in [2.24, 2.45) is 4.99 Å². The zero-order valence-electron chi connectivity index (χ0n) is 18.2. The summed E-state index contributed by atoms with van der Waals surface area (Å²) >= 11 is 0. The number of rotatable bonds is 8. The summed E-state index contributed by atoms with van der Waals surface area (Å²) < 4.78 is 5.31. The molecule has 1 aromatic carbocycles. The predicted octanol–water partition coefficient (Wildman–Crippen LogP) is 3.16. The summed E-state index contributed by atoms with van der Waals surface area (Å²) in [6.07, 6.45) is 4.12. The lowest BCUT2D eigenvalue weighted by molar-refractivity contribution is 0.421. The van der Waals surface area contributed by atoms with E-state index in [0.717, 1.165) is 29.6 Å². The molecule has 164 valence electrons. The summed E-state index contributed by atoms with van der Waals surface area (Å²) in [4.78, 5) is 23.3. The van der Waals surface area contributed by atoms with Gasteiger partial charge in [0.25, 0.3) is 5.89 Å². The number of imidazole rings is 1. The van der Waals surface area contributed by atoms with Crippen LogP contribution in [-0.2, 0) is 13.0 Å². The number of hydrogen-bond donors (Lipinski definition) is 2. The van der Waals surface area contributed by atoms with Crippen molar-refractivity contribution < 1.29 is 4.52 Å².